The second kappa shape index (κ2) is 5.30. The number of halogens is 4. The van der Waals surface area contributed by atoms with Crippen molar-refractivity contribution in [2.45, 2.75) is 25.9 Å². The van der Waals surface area contributed by atoms with Gasteiger partial charge in [-0.1, -0.05) is 13.0 Å². The van der Waals surface area contributed by atoms with Gasteiger partial charge in [-0.2, -0.15) is 8.78 Å². The fourth-order valence-electron chi connectivity index (χ4n) is 1.18. The van der Waals surface area contributed by atoms with E-state index in [9.17, 15) is 17.6 Å². The van der Waals surface area contributed by atoms with Crippen molar-refractivity contribution in [1.29, 1.82) is 0 Å². The molecule has 16 heavy (non-hydrogen) atoms. The van der Waals surface area contributed by atoms with Gasteiger partial charge in [0, 0.05) is 18.4 Å². The van der Waals surface area contributed by atoms with Gasteiger partial charge >= 0.3 is 6.11 Å². The molecule has 0 saturated heterocycles. The highest BCUT2D eigenvalue weighted by molar-refractivity contribution is 5.19. The molecular weight excluding hydrogens is 224 g/mol. The second-order valence-corrected chi connectivity index (χ2v) is 3.29. The molecule has 1 nitrogen and oxygen atoms in total. The molecule has 1 rings (SSSR count). The summed E-state index contributed by atoms with van der Waals surface area (Å²) in [7, 11) is 0. The van der Waals surface area contributed by atoms with Gasteiger partial charge in [-0.25, -0.2) is 8.78 Å². The minimum Gasteiger partial charge on any atom is -0.320 e. The summed E-state index contributed by atoms with van der Waals surface area (Å²) < 4.78 is 55.7. The van der Waals surface area contributed by atoms with Crippen LogP contribution in [0.25, 0.3) is 0 Å². The molecule has 0 saturated carbocycles. The van der Waals surface area contributed by atoms with Gasteiger partial charge in [0.15, 0.2) is 0 Å². The van der Waals surface area contributed by atoms with Crippen molar-refractivity contribution in [3.8, 4) is 0 Å². The maximum absolute atomic E-state index is 13.1. The van der Waals surface area contributed by atoms with E-state index in [1.165, 1.54) is 13.0 Å². The SMILES string of the molecule is CCC(F)(F)OCCc1c(F)cccc1F. The van der Waals surface area contributed by atoms with Crippen molar-refractivity contribution in [1.82, 2.24) is 0 Å². The predicted molar refractivity (Wildman–Crippen MR) is 51.3 cm³/mol. The van der Waals surface area contributed by atoms with Crippen molar-refractivity contribution in [2.75, 3.05) is 6.61 Å². The maximum Gasteiger partial charge on any atom is 0.355 e. The number of hydrogen-bond donors (Lipinski definition) is 0. The topological polar surface area (TPSA) is 9.23 Å². The zero-order valence-corrected chi connectivity index (χ0v) is 8.77. The molecule has 0 N–H and O–H groups in total. The van der Waals surface area contributed by atoms with E-state index in [1.807, 2.05) is 0 Å². The molecule has 0 aliphatic carbocycles. The van der Waals surface area contributed by atoms with E-state index in [0.717, 1.165) is 12.1 Å². The minimum atomic E-state index is -3.23. The minimum absolute atomic E-state index is 0.214. The van der Waals surface area contributed by atoms with Gasteiger partial charge in [-0.05, 0) is 12.1 Å². The first-order valence-corrected chi connectivity index (χ1v) is 4.91. The summed E-state index contributed by atoms with van der Waals surface area (Å²) >= 11 is 0. The Kier molecular flexibility index (Phi) is 4.29. The Bertz CT molecular complexity index is 332. The molecule has 0 spiro atoms. The number of alkyl halides is 2. The van der Waals surface area contributed by atoms with Gasteiger partial charge in [0.1, 0.15) is 11.6 Å². The van der Waals surface area contributed by atoms with Crippen molar-refractivity contribution >= 4 is 0 Å². The number of ether oxygens (including phenoxy) is 1. The molecule has 0 bridgehead atoms. The molecule has 1 aromatic carbocycles. The lowest BCUT2D eigenvalue weighted by molar-refractivity contribution is -0.238. The van der Waals surface area contributed by atoms with Crippen LogP contribution in [0, 0.1) is 11.6 Å². The maximum atomic E-state index is 13.1. The summed E-state index contributed by atoms with van der Waals surface area (Å²) in [5.74, 6) is -1.49. The lowest BCUT2D eigenvalue weighted by Crippen LogP contribution is -2.21. The smallest absolute Gasteiger partial charge is 0.320 e. The molecule has 0 aromatic heterocycles. The molecule has 0 radical (unpaired) electrons. The van der Waals surface area contributed by atoms with Crippen LogP contribution in [0.4, 0.5) is 17.6 Å². The Hall–Kier alpha value is -1.10. The Labute approximate surface area is 91.0 Å². The molecule has 0 aliphatic heterocycles. The van der Waals surface area contributed by atoms with Crippen molar-refractivity contribution in [3.63, 3.8) is 0 Å². The first kappa shape index (κ1) is 13.0. The van der Waals surface area contributed by atoms with Gasteiger partial charge in [0.2, 0.25) is 0 Å². The Balaban J connectivity index is 2.56. The van der Waals surface area contributed by atoms with Crippen LogP contribution in [0.5, 0.6) is 0 Å². The molecule has 0 atom stereocenters. The van der Waals surface area contributed by atoms with Gasteiger partial charge in [0.25, 0.3) is 0 Å². The number of rotatable bonds is 5. The van der Waals surface area contributed by atoms with Crippen LogP contribution in [-0.4, -0.2) is 12.7 Å². The molecule has 0 aliphatic rings. The summed E-state index contributed by atoms with van der Waals surface area (Å²) in [6.45, 7) is 0.850. The van der Waals surface area contributed by atoms with Crippen LogP contribution in [0.2, 0.25) is 0 Å². The van der Waals surface area contributed by atoms with E-state index >= 15 is 0 Å². The average molecular weight is 236 g/mol. The monoisotopic (exact) mass is 236 g/mol. The van der Waals surface area contributed by atoms with E-state index in [1.54, 1.807) is 0 Å². The zero-order chi connectivity index (χ0) is 12.2. The fraction of sp³-hybridized carbons (Fsp3) is 0.455. The lowest BCUT2D eigenvalue weighted by atomic mass is 10.1. The van der Waals surface area contributed by atoms with Crippen molar-refractivity contribution < 1.29 is 22.3 Å². The highest BCUT2D eigenvalue weighted by Gasteiger charge is 2.26. The zero-order valence-electron chi connectivity index (χ0n) is 8.77. The Morgan fingerprint density at radius 3 is 2.25 bits per heavy atom. The largest absolute Gasteiger partial charge is 0.355 e. The van der Waals surface area contributed by atoms with E-state index in [4.69, 9.17) is 0 Å². The summed E-state index contributed by atoms with van der Waals surface area (Å²) in [4.78, 5) is 0. The summed E-state index contributed by atoms with van der Waals surface area (Å²) in [6, 6.07) is 3.38. The van der Waals surface area contributed by atoms with E-state index in [-0.39, 0.29) is 12.0 Å². The third-order valence-corrected chi connectivity index (χ3v) is 2.14. The average Bonchev–Trinajstić information content (AvgIpc) is 2.22. The first-order chi connectivity index (χ1) is 7.46. The molecule has 0 amide bonds. The first-order valence-electron chi connectivity index (χ1n) is 4.91. The Morgan fingerprint density at radius 2 is 1.75 bits per heavy atom. The van der Waals surface area contributed by atoms with Crippen LogP contribution in [0.1, 0.15) is 18.9 Å². The summed E-state index contributed by atoms with van der Waals surface area (Å²) in [5, 5.41) is 0. The molecular formula is C11H12F4O. The quantitative estimate of drug-likeness (QED) is 0.710. The van der Waals surface area contributed by atoms with Gasteiger partial charge in [-0.3, -0.25) is 0 Å². The molecule has 0 heterocycles. The molecule has 0 fully saturated rings. The van der Waals surface area contributed by atoms with Crippen molar-refractivity contribution in [3.05, 3.63) is 35.4 Å². The van der Waals surface area contributed by atoms with Gasteiger partial charge in [0.05, 0.1) is 6.61 Å². The van der Waals surface area contributed by atoms with Crippen LogP contribution >= 0.6 is 0 Å². The van der Waals surface area contributed by atoms with E-state index in [0.29, 0.717) is 0 Å². The second-order valence-electron chi connectivity index (χ2n) is 3.29. The van der Waals surface area contributed by atoms with Crippen LogP contribution in [0.15, 0.2) is 18.2 Å². The summed E-state index contributed by atoms with van der Waals surface area (Å²) in [6.07, 6.45) is -3.91. The number of benzene rings is 1. The standard InChI is InChI=1S/C11H12F4O/c1-2-11(14,15)16-7-6-8-9(12)4-3-5-10(8)13/h3-5H,2,6-7H2,1H3. The van der Waals surface area contributed by atoms with Crippen LogP contribution in [-0.2, 0) is 11.2 Å². The predicted octanol–water partition coefficient (Wildman–Crippen LogP) is 3.53. The van der Waals surface area contributed by atoms with E-state index in [2.05, 4.69) is 4.74 Å². The van der Waals surface area contributed by atoms with Gasteiger partial charge in [-0.15, -0.1) is 0 Å². The summed E-state index contributed by atoms with van der Waals surface area (Å²) in [5.41, 5.74) is -0.227. The Morgan fingerprint density at radius 1 is 1.19 bits per heavy atom. The third kappa shape index (κ3) is 3.48. The highest BCUT2D eigenvalue weighted by Crippen LogP contribution is 2.20. The highest BCUT2D eigenvalue weighted by atomic mass is 19.3. The molecule has 0 unspecified atom stereocenters. The van der Waals surface area contributed by atoms with Crippen LogP contribution in [0.3, 0.4) is 0 Å². The molecule has 1 aromatic rings. The van der Waals surface area contributed by atoms with E-state index < -0.39 is 30.8 Å². The third-order valence-electron chi connectivity index (χ3n) is 2.14. The van der Waals surface area contributed by atoms with Crippen LogP contribution < -0.4 is 0 Å². The van der Waals surface area contributed by atoms with Crippen molar-refractivity contribution in [2.24, 2.45) is 0 Å². The molecule has 90 valence electrons. The lowest BCUT2D eigenvalue weighted by Gasteiger charge is -2.14. The van der Waals surface area contributed by atoms with Gasteiger partial charge < -0.3 is 4.74 Å². The number of hydrogen-bond acceptors (Lipinski definition) is 1. The normalized spacial score (nSPS) is 11.8. The molecule has 5 heteroatoms. The fourth-order valence-corrected chi connectivity index (χ4v) is 1.18.